The van der Waals surface area contributed by atoms with Crippen LogP contribution < -0.4 is 9.46 Å². The number of carbonyl (C=O) groups excluding carboxylic acids is 1. The number of sulfonamides is 1. The second-order valence-electron chi connectivity index (χ2n) is 5.63. The summed E-state index contributed by atoms with van der Waals surface area (Å²) >= 11 is 0.815. The molecule has 0 radical (unpaired) electrons. The Morgan fingerprint density at radius 3 is 2.54 bits per heavy atom. The van der Waals surface area contributed by atoms with Gasteiger partial charge in [-0.25, -0.2) is 13.4 Å². The van der Waals surface area contributed by atoms with Crippen molar-refractivity contribution in [3.63, 3.8) is 0 Å². The number of benzene rings is 1. The Bertz CT molecular complexity index is 938. The number of nitrogens with one attached hydrogen (secondary N) is 1. The van der Waals surface area contributed by atoms with Gasteiger partial charge in [0.05, 0.1) is 11.8 Å². The first-order valence-corrected chi connectivity index (χ1v) is 10.4. The first kappa shape index (κ1) is 21.9. The number of esters is 1. The number of ether oxygens (including phenoxy) is 1. The molecule has 0 aliphatic heterocycles. The summed E-state index contributed by atoms with van der Waals surface area (Å²) in [5.41, 5.74) is -0.774. The van der Waals surface area contributed by atoms with E-state index >= 15 is 0 Å². The van der Waals surface area contributed by atoms with E-state index in [-0.39, 0.29) is 22.2 Å². The molecule has 11 heteroatoms. The molecule has 1 N–H and O–H groups in total. The maximum absolute atomic E-state index is 12.7. The molecule has 1 heterocycles. The van der Waals surface area contributed by atoms with Crippen molar-refractivity contribution in [1.29, 1.82) is 0 Å². The summed E-state index contributed by atoms with van der Waals surface area (Å²) in [5.74, 6) is -0.464. The summed E-state index contributed by atoms with van der Waals surface area (Å²) in [6.45, 7) is 5.26. The van der Waals surface area contributed by atoms with Crippen LogP contribution in [0.3, 0.4) is 0 Å². The van der Waals surface area contributed by atoms with Gasteiger partial charge in [-0.05, 0) is 24.1 Å². The summed E-state index contributed by atoms with van der Waals surface area (Å²) in [6, 6.07) is 3.76. The second kappa shape index (κ2) is 8.74. The van der Waals surface area contributed by atoms with E-state index in [2.05, 4.69) is 16.3 Å². The van der Waals surface area contributed by atoms with E-state index in [1.807, 2.05) is 6.92 Å². The van der Waals surface area contributed by atoms with Gasteiger partial charge in [0.2, 0.25) is 15.1 Å². The Hall–Kier alpha value is -2.40. The molecule has 1 atom stereocenters. The number of nitrogens with zero attached hydrogens (tertiary/aromatic N) is 1. The van der Waals surface area contributed by atoms with E-state index < -0.39 is 33.0 Å². The molecule has 0 fully saturated rings. The van der Waals surface area contributed by atoms with Crippen LogP contribution in [0.5, 0.6) is 5.06 Å². The van der Waals surface area contributed by atoms with Gasteiger partial charge in [-0.3, -0.25) is 9.52 Å². The quantitative estimate of drug-likeness (QED) is 0.487. The molecule has 2 rings (SSSR count). The minimum absolute atomic E-state index is 0.0435. The maximum atomic E-state index is 12.7. The Morgan fingerprint density at radius 1 is 1.36 bits per heavy atom. The summed E-state index contributed by atoms with van der Waals surface area (Å²) in [7, 11) is -4.09. The third-order valence-electron chi connectivity index (χ3n) is 3.50. The number of rotatable bonds is 8. The Balaban J connectivity index is 2.17. The van der Waals surface area contributed by atoms with E-state index in [4.69, 9.17) is 4.74 Å². The predicted octanol–water partition coefficient (Wildman–Crippen LogP) is 4.54. The van der Waals surface area contributed by atoms with Crippen molar-refractivity contribution in [1.82, 2.24) is 4.98 Å². The van der Waals surface area contributed by atoms with Crippen molar-refractivity contribution in [2.45, 2.75) is 31.2 Å². The lowest BCUT2D eigenvalue weighted by Crippen LogP contribution is -2.20. The largest absolute Gasteiger partial charge is 0.416 e. The van der Waals surface area contributed by atoms with E-state index in [0.29, 0.717) is 6.42 Å². The molecule has 0 spiro atoms. The number of anilines is 1. The lowest BCUT2D eigenvalue weighted by atomic mass is 10.1. The standard InChI is InChI=1S/C17H17F3N2O4S2/c1-3-5-14(23)26-15-10-21-16(27-15)22-28(24,25)13(4-2)11-6-8-12(9-7-11)17(18,19)20/h4,6-10,13H,2-3,5H2,1H3,(H,21,22). The molecule has 1 unspecified atom stereocenters. The van der Waals surface area contributed by atoms with Gasteiger partial charge in [-0.15, -0.1) is 6.58 Å². The van der Waals surface area contributed by atoms with Gasteiger partial charge < -0.3 is 4.74 Å². The minimum Gasteiger partial charge on any atom is -0.414 e. The van der Waals surface area contributed by atoms with Crippen molar-refractivity contribution in [3.8, 4) is 5.06 Å². The SMILES string of the molecule is C=CC(c1ccc(C(F)(F)F)cc1)S(=O)(=O)Nc1ncc(OC(=O)CCC)s1. The molecular weight excluding hydrogens is 417 g/mol. The third kappa shape index (κ3) is 5.55. The topological polar surface area (TPSA) is 85.4 Å². The lowest BCUT2D eigenvalue weighted by Gasteiger charge is -2.15. The predicted molar refractivity (Wildman–Crippen MR) is 99.6 cm³/mol. The average Bonchev–Trinajstić information content (AvgIpc) is 3.01. The molecule has 0 saturated heterocycles. The molecule has 0 aliphatic rings. The minimum atomic E-state index is -4.52. The lowest BCUT2D eigenvalue weighted by molar-refractivity contribution is -0.137. The van der Waals surface area contributed by atoms with E-state index in [0.717, 1.165) is 41.7 Å². The summed E-state index contributed by atoms with van der Waals surface area (Å²) in [6.07, 6.45) is -1.40. The van der Waals surface area contributed by atoms with Crippen LogP contribution in [-0.2, 0) is 21.0 Å². The Labute approximate surface area is 164 Å². The third-order valence-corrected chi connectivity index (χ3v) is 6.03. The van der Waals surface area contributed by atoms with Gasteiger partial charge in [-0.2, -0.15) is 13.2 Å². The number of aromatic nitrogens is 1. The zero-order valence-corrected chi connectivity index (χ0v) is 16.3. The molecule has 0 saturated carbocycles. The first-order chi connectivity index (χ1) is 13.1. The molecule has 0 aliphatic carbocycles. The van der Waals surface area contributed by atoms with Gasteiger partial charge in [0.25, 0.3) is 0 Å². The molecule has 2 aromatic rings. The molecular formula is C17H17F3N2O4S2. The van der Waals surface area contributed by atoms with Crippen LogP contribution in [0.15, 0.2) is 43.1 Å². The van der Waals surface area contributed by atoms with Crippen molar-refractivity contribution >= 4 is 32.5 Å². The highest BCUT2D eigenvalue weighted by molar-refractivity contribution is 7.93. The number of carbonyl (C=O) groups is 1. The van der Waals surface area contributed by atoms with Crippen LogP contribution in [0.1, 0.15) is 36.1 Å². The zero-order chi connectivity index (χ0) is 20.9. The molecule has 152 valence electrons. The van der Waals surface area contributed by atoms with E-state index in [9.17, 15) is 26.4 Å². The monoisotopic (exact) mass is 434 g/mol. The van der Waals surface area contributed by atoms with Crippen LogP contribution in [0.4, 0.5) is 18.3 Å². The smallest absolute Gasteiger partial charge is 0.414 e. The normalized spacial score (nSPS) is 13.0. The number of hydrogen-bond donors (Lipinski definition) is 1. The summed E-state index contributed by atoms with van der Waals surface area (Å²) in [5, 5.41) is -1.22. The summed E-state index contributed by atoms with van der Waals surface area (Å²) < 4.78 is 70.5. The fourth-order valence-corrected chi connectivity index (χ4v) is 4.45. The highest BCUT2D eigenvalue weighted by Gasteiger charge is 2.31. The molecule has 0 amide bonds. The van der Waals surface area contributed by atoms with E-state index in [1.54, 1.807) is 0 Å². The summed E-state index contributed by atoms with van der Waals surface area (Å²) in [4.78, 5) is 15.3. The molecule has 1 aromatic carbocycles. The molecule has 1 aromatic heterocycles. The van der Waals surface area contributed by atoms with Crippen molar-refractivity contribution in [2.75, 3.05) is 4.72 Å². The van der Waals surface area contributed by atoms with Gasteiger partial charge in [0, 0.05) is 6.42 Å². The number of thiazole rings is 1. The van der Waals surface area contributed by atoms with E-state index in [1.165, 1.54) is 6.20 Å². The molecule has 6 nitrogen and oxygen atoms in total. The molecule has 28 heavy (non-hydrogen) atoms. The van der Waals surface area contributed by atoms with Crippen LogP contribution >= 0.6 is 11.3 Å². The average molecular weight is 434 g/mol. The Morgan fingerprint density at radius 2 is 2.00 bits per heavy atom. The van der Waals surface area contributed by atoms with Crippen LogP contribution in [0.2, 0.25) is 0 Å². The van der Waals surface area contributed by atoms with Gasteiger partial charge in [-0.1, -0.05) is 36.5 Å². The van der Waals surface area contributed by atoms with Gasteiger partial charge >= 0.3 is 12.1 Å². The number of alkyl halides is 3. The van der Waals surface area contributed by atoms with Gasteiger partial charge in [0.1, 0.15) is 5.25 Å². The van der Waals surface area contributed by atoms with Crippen molar-refractivity contribution in [3.05, 3.63) is 54.2 Å². The second-order valence-corrected chi connectivity index (χ2v) is 8.43. The number of hydrogen-bond acceptors (Lipinski definition) is 6. The zero-order valence-electron chi connectivity index (χ0n) is 14.7. The maximum Gasteiger partial charge on any atom is 0.416 e. The van der Waals surface area contributed by atoms with Crippen LogP contribution in [-0.4, -0.2) is 19.4 Å². The highest BCUT2D eigenvalue weighted by atomic mass is 32.2. The molecule has 0 bridgehead atoms. The Kier molecular flexibility index (Phi) is 6.83. The van der Waals surface area contributed by atoms with Crippen LogP contribution in [0, 0.1) is 0 Å². The fraction of sp³-hybridized carbons (Fsp3) is 0.294. The first-order valence-electron chi connectivity index (χ1n) is 8.04. The van der Waals surface area contributed by atoms with Crippen LogP contribution in [0.25, 0.3) is 0 Å². The van der Waals surface area contributed by atoms with Crippen molar-refractivity contribution < 1.29 is 31.1 Å². The number of halogens is 3. The highest BCUT2D eigenvalue weighted by Crippen LogP contribution is 2.33. The van der Waals surface area contributed by atoms with Crippen molar-refractivity contribution in [2.24, 2.45) is 0 Å². The fourth-order valence-electron chi connectivity index (χ4n) is 2.21. The van der Waals surface area contributed by atoms with Gasteiger partial charge in [0.15, 0.2) is 5.13 Å².